The van der Waals surface area contributed by atoms with Gasteiger partial charge in [0, 0.05) is 38.3 Å². The summed E-state index contributed by atoms with van der Waals surface area (Å²) in [4.78, 5) is 8.64. The topological polar surface area (TPSA) is 63.8 Å². The number of benzene rings is 4. The molecule has 0 bridgehead atoms. The fraction of sp³-hybridized carbons (Fsp3) is 0. The van der Waals surface area contributed by atoms with Crippen molar-refractivity contribution in [3.63, 3.8) is 0 Å². The molecule has 9 heteroatoms. The first-order chi connectivity index (χ1) is 18.8. The molecule has 6 aromatic rings. The third-order valence-electron chi connectivity index (χ3n) is 5.29. The second-order valence-electron chi connectivity index (χ2n) is 8.13. The zero-order valence-corrected chi connectivity index (χ0v) is 24.0. The Labute approximate surface area is 251 Å². The van der Waals surface area contributed by atoms with E-state index in [1.54, 1.807) is 30.3 Å². The largest absolute Gasteiger partial charge is 0.399 e. The minimum atomic E-state index is 0.429. The van der Waals surface area contributed by atoms with Crippen LogP contribution in [0.3, 0.4) is 0 Å². The van der Waals surface area contributed by atoms with Crippen molar-refractivity contribution in [3.05, 3.63) is 134 Å². The lowest BCUT2D eigenvalue weighted by atomic mass is 10.2. The quantitative estimate of drug-likeness (QED) is 0.150. The SMILES string of the molecule is Clc1cc(Cl)c2ccccc2n1.Clc1ccc(Nc2cc(Cl)c3ccccc3n2)cc1.Nc1ccc(Cl)cc1. The number of nitrogens with one attached hydrogen (secondary N) is 1. The van der Waals surface area contributed by atoms with Crippen LogP contribution in [0.15, 0.2) is 109 Å². The Morgan fingerprint density at radius 2 is 1.03 bits per heavy atom. The summed E-state index contributed by atoms with van der Waals surface area (Å²) in [5.74, 6) is 0.714. The molecule has 0 unspecified atom stereocenters. The Morgan fingerprint density at radius 1 is 0.538 bits per heavy atom. The first kappa shape index (κ1) is 28.8. The number of halogens is 5. The third kappa shape index (κ3) is 8.37. The zero-order valence-electron chi connectivity index (χ0n) is 20.3. The van der Waals surface area contributed by atoms with E-state index < -0.39 is 0 Å². The molecule has 196 valence electrons. The lowest BCUT2D eigenvalue weighted by molar-refractivity contribution is 1.37. The van der Waals surface area contributed by atoms with Crippen LogP contribution >= 0.6 is 58.0 Å². The van der Waals surface area contributed by atoms with Crippen LogP contribution in [0.2, 0.25) is 25.2 Å². The number of fused-ring (bicyclic) bond motifs is 2. The Bertz CT molecular complexity index is 1670. The lowest BCUT2D eigenvalue weighted by Crippen LogP contribution is -1.94. The smallest absolute Gasteiger partial charge is 0.132 e. The van der Waals surface area contributed by atoms with Crippen LogP contribution in [0.4, 0.5) is 17.2 Å². The molecule has 2 heterocycles. The maximum atomic E-state index is 6.25. The van der Waals surface area contributed by atoms with Crippen LogP contribution in [0.5, 0.6) is 0 Å². The van der Waals surface area contributed by atoms with Crippen molar-refractivity contribution in [2.24, 2.45) is 0 Å². The van der Waals surface area contributed by atoms with Crippen LogP contribution in [0.25, 0.3) is 21.8 Å². The van der Waals surface area contributed by atoms with E-state index in [4.69, 9.17) is 63.7 Å². The molecule has 39 heavy (non-hydrogen) atoms. The summed E-state index contributed by atoms with van der Waals surface area (Å²) in [6.07, 6.45) is 0. The van der Waals surface area contributed by atoms with E-state index in [2.05, 4.69) is 15.3 Å². The van der Waals surface area contributed by atoms with Gasteiger partial charge in [0.2, 0.25) is 0 Å². The van der Waals surface area contributed by atoms with E-state index in [1.807, 2.05) is 78.9 Å². The van der Waals surface area contributed by atoms with Gasteiger partial charge in [0.15, 0.2) is 0 Å². The molecule has 6 rings (SSSR count). The van der Waals surface area contributed by atoms with Gasteiger partial charge in [-0.1, -0.05) is 94.4 Å². The summed E-state index contributed by atoms with van der Waals surface area (Å²) >= 11 is 29.3. The number of anilines is 3. The Kier molecular flexibility index (Phi) is 10.1. The van der Waals surface area contributed by atoms with Gasteiger partial charge in [0.1, 0.15) is 11.0 Å². The predicted molar refractivity (Wildman–Crippen MR) is 169 cm³/mol. The van der Waals surface area contributed by atoms with Crippen LogP contribution in [-0.4, -0.2) is 9.97 Å². The molecule has 4 aromatic carbocycles. The van der Waals surface area contributed by atoms with Crippen LogP contribution < -0.4 is 11.1 Å². The van der Waals surface area contributed by atoms with Crippen molar-refractivity contribution in [3.8, 4) is 0 Å². The average Bonchev–Trinajstić information content (AvgIpc) is 2.92. The minimum Gasteiger partial charge on any atom is -0.399 e. The highest BCUT2D eigenvalue weighted by Crippen LogP contribution is 2.27. The summed E-state index contributed by atoms with van der Waals surface area (Å²) < 4.78 is 0. The number of pyridine rings is 2. The highest BCUT2D eigenvalue weighted by molar-refractivity contribution is 6.37. The molecule has 0 aliphatic heterocycles. The molecule has 2 aromatic heterocycles. The monoisotopic (exact) mass is 612 g/mol. The van der Waals surface area contributed by atoms with Gasteiger partial charge in [0.25, 0.3) is 0 Å². The second kappa shape index (κ2) is 13.7. The van der Waals surface area contributed by atoms with Crippen LogP contribution in [0, 0.1) is 0 Å². The molecule has 0 fully saturated rings. The van der Waals surface area contributed by atoms with Gasteiger partial charge in [-0.3, -0.25) is 0 Å². The highest BCUT2D eigenvalue weighted by Gasteiger charge is 2.04. The molecule has 3 N–H and O–H groups in total. The van der Waals surface area contributed by atoms with Gasteiger partial charge in [-0.05, 0) is 66.7 Å². The lowest BCUT2D eigenvalue weighted by Gasteiger charge is -2.08. The van der Waals surface area contributed by atoms with Gasteiger partial charge >= 0.3 is 0 Å². The van der Waals surface area contributed by atoms with Gasteiger partial charge in [-0.2, -0.15) is 0 Å². The molecule has 0 saturated carbocycles. The number of rotatable bonds is 2. The standard InChI is InChI=1S/C15H10Cl2N2.C9H5Cl2N.C6H6ClN/c16-10-5-7-11(8-6-10)18-15-9-13(17)12-3-1-2-4-14(12)19-15;10-7-5-9(11)12-8-4-2-1-3-6(7)8;7-5-1-3-6(8)4-2-5/h1-9H,(H,18,19);1-5H;1-4H,8H2. The van der Waals surface area contributed by atoms with E-state index >= 15 is 0 Å². The predicted octanol–water partition coefficient (Wildman–Crippen LogP) is 10.7. The number of aromatic nitrogens is 2. The summed E-state index contributed by atoms with van der Waals surface area (Å²) in [6, 6.07) is 33.4. The first-order valence-electron chi connectivity index (χ1n) is 11.6. The van der Waals surface area contributed by atoms with Crippen molar-refractivity contribution in [2.75, 3.05) is 11.1 Å². The minimum absolute atomic E-state index is 0.429. The summed E-state index contributed by atoms with van der Waals surface area (Å²) in [5, 5.41) is 8.27. The van der Waals surface area contributed by atoms with Gasteiger partial charge in [-0.15, -0.1) is 0 Å². The van der Waals surface area contributed by atoms with E-state index in [1.165, 1.54) is 0 Å². The van der Waals surface area contributed by atoms with E-state index in [0.29, 0.717) is 26.0 Å². The molecule has 0 spiro atoms. The molecular formula is C30H21Cl5N4. The molecule has 4 nitrogen and oxygen atoms in total. The number of nitrogen functional groups attached to an aromatic ring is 1. The Balaban J connectivity index is 0.000000150. The molecular weight excluding hydrogens is 594 g/mol. The van der Waals surface area contributed by atoms with E-state index in [0.717, 1.165) is 38.2 Å². The number of nitrogens with zero attached hydrogens (tertiary/aromatic N) is 2. The van der Waals surface area contributed by atoms with Crippen molar-refractivity contribution >= 4 is 97.0 Å². The third-order valence-corrected chi connectivity index (χ3v) is 6.61. The van der Waals surface area contributed by atoms with Crippen LogP contribution in [0.1, 0.15) is 0 Å². The average molecular weight is 615 g/mol. The first-order valence-corrected chi connectivity index (χ1v) is 13.5. The fourth-order valence-corrected chi connectivity index (χ4v) is 4.48. The normalized spacial score (nSPS) is 10.3. The van der Waals surface area contributed by atoms with Gasteiger partial charge < -0.3 is 11.1 Å². The summed E-state index contributed by atoms with van der Waals surface area (Å²) in [5.41, 5.74) is 8.73. The van der Waals surface area contributed by atoms with Crippen molar-refractivity contribution in [1.82, 2.24) is 9.97 Å². The van der Waals surface area contributed by atoms with Crippen molar-refractivity contribution in [1.29, 1.82) is 0 Å². The molecule has 0 aliphatic carbocycles. The number of nitrogens with two attached hydrogens (primary N) is 1. The zero-order chi connectivity index (χ0) is 27.8. The highest BCUT2D eigenvalue weighted by atomic mass is 35.5. The number of para-hydroxylation sites is 2. The molecule has 0 saturated heterocycles. The Hall–Kier alpha value is -3.25. The maximum Gasteiger partial charge on any atom is 0.132 e. The second-order valence-corrected chi connectivity index (χ2v) is 10.2. The van der Waals surface area contributed by atoms with Crippen molar-refractivity contribution in [2.45, 2.75) is 0 Å². The number of hydrogen-bond donors (Lipinski definition) is 2. The van der Waals surface area contributed by atoms with E-state index in [-0.39, 0.29) is 0 Å². The molecule has 0 radical (unpaired) electrons. The van der Waals surface area contributed by atoms with Crippen LogP contribution in [-0.2, 0) is 0 Å². The van der Waals surface area contributed by atoms with Gasteiger partial charge in [-0.25, -0.2) is 9.97 Å². The summed E-state index contributed by atoms with van der Waals surface area (Å²) in [7, 11) is 0. The molecule has 0 amide bonds. The molecule has 0 atom stereocenters. The maximum absolute atomic E-state index is 6.25. The Morgan fingerprint density at radius 3 is 1.59 bits per heavy atom. The van der Waals surface area contributed by atoms with E-state index in [9.17, 15) is 0 Å². The summed E-state index contributed by atoms with van der Waals surface area (Å²) in [6.45, 7) is 0. The molecule has 0 aliphatic rings. The number of hydrogen-bond acceptors (Lipinski definition) is 4. The van der Waals surface area contributed by atoms with Gasteiger partial charge in [0.05, 0.1) is 21.1 Å². The van der Waals surface area contributed by atoms with Crippen molar-refractivity contribution < 1.29 is 0 Å². The fourth-order valence-electron chi connectivity index (χ4n) is 3.44.